The molecule has 0 atom stereocenters. The van der Waals surface area contributed by atoms with Crippen LogP contribution in [0.15, 0.2) is 24.3 Å². The van der Waals surface area contributed by atoms with Crippen LogP contribution in [0.1, 0.15) is 59.8 Å². The molecule has 0 saturated carbocycles. The van der Waals surface area contributed by atoms with Crippen LogP contribution < -0.4 is 0 Å². The van der Waals surface area contributed by atoms with Crippen LogP contribution in [0.3, 0.4) is 0 Å². The van der Waals surface area contributed by atoms with Crippen molar-refractivity contribution in [2.24, 2.45) is 5.41 Å². The second-order valence-electron chi connectivity index (χ2n) is 5.15. The smallest absolute Gasteiger partial charge is 0.138 e. The molecule has 0 aromatic rings. The molecule has 0 rings (SSSR count). The maximum Gasteiger partial charge on any atom is 0.138 e. The van der Waals surface area contributed by atoms with E-state index in [0.29, 0.717) is 12.2 Å². The molecule has 0 unspecified atom stereocenters. The Morgan fingerprint density at radius 3 is 2.25 bits per heavy atom. The van der Waals surface area contributed by atoms with E-state index < -0.39 is 0 Å². The summed E-state index contributed by atoms with van der Waals surface area (Å²) < 4.78 is 0. The van der Waals surface area contributed by atoms with Crippen molar-refractivity contribution in [3.63, 3.8) is 0 Å². The summed E-state index contributed by atoms with van der Waals surface area (Å²) in [4.78, 5) is 11.6. The van der Waals surface area contributed by atoms with Gasteiger partial charge in [0, 0.05) is 11.8 Å². The highest BCUT2D eigenvalue weighted by molar-refractivity contribution is 5.83. The number of hydrogen-bond donors (Lipinski definition) is 0. The summed E-state index contributed by atoms with van der Waals surface area (Å²) in [6.45, 7) is 8.10. The van der Waals surface area contributed by atoms with E-state index in [1.807, 2.05) is 20.8 Å². The fourth-order valence-corrected chi connectivity index (χ4v) is 1.31. The minimum Gasteiger partial charge on any atom is -0.299 e. The largest absolute Gasteiger partial charge is 0.299 e. The molecule has 1 heteroatoms. The van der Waals surface area contributed by atoms with Crippen molar-refractivity contribution in [2.75, 3.05) is 0 Å². The summed E-state index contributed by atoms with van der Waals surface area (Å²) in [5, 5.41) is 0. The Morgan fingerprint density at radius 1 is 1.06 bits per heavy atom. The topological polar surface area (TPSA) is 17.1 Å². The Balaban J connectivity index is 3.54. The van der Waals surface area contributed by atoms with Gasteiger partial charge in [0.2, 0.25) is 0 Å². The second-order valence-corrected chi connectivity index (χ2v) is 5.15. The lowest BCUT2D eigenvalue weighted by Crippen LogP contribution is -2.19. The zero-order chi connectivity index (χ0) is 12.4. The lowest BCUT2D eigenvalue weighted by atomic mass is 9.88. The summed E-state index contributed by atoms with van der Waals surface area (Å²) in [6, 6.07) is 0. The van der Waals surface area contributed by atoms with Crippen LogP contribution in [-0.4, -0.2) is 5.78 Å². The van der Waals surface area contributed by atoms with Crippen LogP contribution in [0, 0.1) is 5.41 Å². The highest BCUT2D eigenvalue weighted by Crippen LogP contribution is 2.18. The molecule has 0 amide bonds. The molecule has 0 heterocycles. The number of hydrogen-bond acceptors (Lipinski definition) is 1. The van der Waals surface area contributed by atoms with E-state index in [1.54, 1.807) is 0 Å². The van der Waals surface area contributed by atoms with Gasteiger partial charge in [-0.1, -0.05) is 52.0 Å². The molecule has 0 aliphatic rings. The van der Waals surface area contributed by atoms with Gasteiger partial charge in [0.1, 0.15) is 5.78 Å². The molecule has 1 nitrogen and oxygen atoms in total. The van der Waals surface area contributed by atoms with Crippen molar-refractivity contribution >= 4 is 5.78 Å². The van der Waals surface area contributed by atoms with E-state index in [2.05, 4.69) is 31.2 Å². The highest BCUT2D eigenvalue weighted by Gasteiger charge is 2.19. The van der Waals surface area contributed by atoms with Crippen LogP contribution >= 0.6 is 0 Å². The van der Waals surface area contributed by atoms with Gasteiger partial charge in [-0.25, -0.2) is 0 Å². The van der Waals surface area contributed by atoms with Gasteiger partial charge in [0.05, 0.1) is 0 Å². The van der Waals surface area contributed by atoms with E-state index >= 15 is 0 Å². The van der Waals surface area contributed by atoms with Crippen LogP contribution in [-0.2, 0) is 4.79 Å². The molecule has 0 spiro atoms. The molecule has 0 aromatic heterocycles. The number of carbonyl (C=O) groups is 1. The van der Waals surface area contributed by atoms with Crippen molar-refractivity contribution in [1.29, 1.82) is 0 Å². The average Bonchev–Trinajstić information content (AvgIpc) is 2.20. The fourth-order valence-electron chi connectivity index (χ4n) is 1.31. The summed E-state index contributed by atoms with van der Waals surface area (Å²) in [6.07, 6.45) is 13.5. The summed E-state index contributed by atoms with van der Waals surface area (Å²) in [7, 11) is 0. The third-order valence-corrected chi connectivity index (χ3v) is 2.45. The molecular formula is C15H26O. The average molecular weight is 222 g/mol. The Morgan fingerprint density at radius 2 is 1.69 bits per heavy atom. The predicted molar refractivity (Wildman–Crippen MR) is 71.5 cm³/mol. The molecule has 0 aliphatic heterocycles. The van der Waals surface area contributed by atoms with Gasteiger partial charge in [0.15, 0.2) is 0 Å². The van der Waals surface area contributed by atoms with Gasteiger partial charge in [-0.3, -0.25) is 4.79 Å². The molecule has 0 radical (unpaired) electrons. The summed E-state index contributed by atoms with van der Waals surface area (Å²) in [5.41, 5.74) is -0.173. The molecule has 0 aromatic carbocycles. The third kappa shape index (κ3) is 8.46. The molecular weight excluding hydrogens is 196 g/mol. The van der Waals surface area contributed by atoms with Gasteiger partial charge < -0.3 is 0 Å². The van der Waals surface area contributed by atoms with E-state index in [9.17, 15) is 4.79 Å². The Bertz CT molecular complexity index is 241. The Hall–Kier alpha value is -0.850. The van der Waals surface area contributed by atoms with Gasteiger partial charge >= 0.3 is 0 Å². The van der Waals surface area contributed by atoms with Crippen molar-refractivity contribution in [1.82, 2.24) is 0 Å². The minimum atomic E-state index is -0.173. The quantitative estimate of drug-likeness (QED) is 0.451. The van der Waals surface area contributed by atoms with E-state index in [-0.39, 0.29) is 5.41 Å². The van der Waals surface area contributed by atoms with Crippen molar-refractivity contribution in [3.8, 4) is 0 Å². The van der Waals surface area contributed by atoms with E-state index in [1.165, 1.54) is 0 Å². The number of ketones is 1. The number of allylic oxidation sites excluding steroid dienone is 4. The van der Waals surface area contributed by atoms with Gasteiger partial charge in [-0.2, -0.15) is 0 Å². The van der Waals surface area contributed by atoms with Gasteiger partial charge in [-0.15, -0.1) is 0 Å². The lowest BCUT2D eigenvalue weighted by Gasteiger charge is -2.15. The van der Waals surface area contributed by atoms with Crippen LogP contribution in [0.25, 0.3) is 0 Å². The molecule has 0 fully saturated rings. The first-order chi connectivity index (χ1) is 7.48. The normalized spacial score (nSPS) is 12.8. The van der Waals surface area contributed by atoms with Crippen molar-refractivity contribution < 1.29 is 4.79 Å². The number of unbranched alkanes of at least 4 members (excludes halogenated alkanes) is 1. The standard InChI is InChI=1S/C15H26O/c1-5-6-7-8-9-10-11-12-13-14(16)15(2,3)4/h6-7,9-10H,5,8,11-13H2,1-4H3/b7-6-,10-9-. The summed E-state index contributed by atoms with van der Waals surface area (Å²) >= 11 is 0. The van der Waals surface area contributed by atoms with Crippen LogP contribution in [0.2, 0.25) is 0 Å². The minimum absolute atomic E-state index is 0.173. The first-order valence-electron chi connectivity index (χ1n) is 6.31. The van der Waals surface area contributed by atoms with Gasteiger partial charge in [-0.05, 0) is 25.7 Å². The first-order valence-corrected chi connectivity index (χ1v) is 6.31. The second kappa shape index (κ2) is 8.32. The number of rotatable bonds is 7. The summed E-state index contributed by atoms with van der Waals surface area (Å²) in [5.74, 6) is 0.367. The van der Waals surface area contributed by atoms with E-state index in [0.717, 1.165) is 25.7 Å². The highest BCUT2D eigenvalue weighted by atomic mass is 16.1. The third-order valence-electron chi connectivity index (χ3n) is 2.45. The predicted octanol–water partition coefficient (Wildman–Crippen LogP) is 4.68. The first kappa shape index (κ1) is 15.2. The van der Waals surface area contributed by atoms with Crippen LogP contribution in [0.5, 0.6) is 0 Å². The maximum absolute atomic E-state index is 11.6. The zero-order valence-corrected chi connectivity index (χ0v) is 11.3. The molecule has 92 valence electrons. The van der Waals surface area contributed by atoms with Gasteiger partial charge in [0.25, 0.3) is 0 Å². The molecule has 0 N–H and O–H groups in total. The van der Waals surface area contributed by atoms with Crippen molar-refractivity contribution in [2.45, 2.75) is 59.8 Å². The molecule has 16 heavy (non-hydrogen) atoms. The Labute approximate surface area is 101 Å². The van der Waals surface area contributed by atoms with Crippen molar-refractivity contribution in [3.05, 3.63) is 24.3 Å². The SMILES string of the molecule is CC/C=C\C/C=C\CCCC(=O)C(C)(C)C. The Kier molecular flexibility index (Phi) is 7.88. The zero-order valence-electron chi connectivity index (χ0n) is 11.3. The maximum atomic E-state index is 11.6. The molecule has 0 bridgehead atoms. The number of Topliss-reactive ketones (excluding diaryl/α,β-unsaturated/α-hetero) is 1. The van der Waals surface area contributed by atoms with Crippen LogP contribution in [0.4, 0.5) is 0 Å². The number of carbonyl (C=O) groups excluding carboxylic acids is 1. The van der Waals surface area contributed by atoms with E-state index in [4.69, 9.17) is 0 Å². The lowest BCUT2D eigenvalue weighted by molar-refractivity contribution is -0.126. The monoisotopic (exact) mass is 222 g/mol. The molecule has 0 saturated heterocycles. The molecule has 0 aliphatic carbocycles. The fraction of sp³-hybridized carbons (Fsp3) is 0.667.